The van der Waals surface area contributed by atoms with Crippen LogP contribution in [0.3, 0.4) is 0 Å². The first kappa shape index (κ1) is 13.2. The van der Waals surface area contributed by atoms with Gasteiger partial charge in [0, 0.05) is 13.2 Å². The molecule has 0 spiro atoms. The predicted molar refractivity (Wildman–Crippen MR) is 57.9 cm³/mol. The molecule has 0 aliphatic heterocycles. The van der Waals surface area contributed by atoms with Gasteiger partial charge < -0.3 is 10.4 Å². The minimum atomic E-state index is -0.0808. The van der Waals surface area contributed by atoms with E-state index < -0.39 is 0 Å². The minimum absolute atomic E-state index is 0.0808. The van der Waals surface area contributed by atoms with Crippen LogP contribution in [-0.4, -0.2) is 24.2 Å². The van der Waals surface area contributed by atoms with Crippen LogP contribution in [0, 0.1) is 5.41 Å². The molecule has 0 radical (unpaired) electrons. The highest BCUT2D eigenvalue weighted by Crippen LogP contribution is 2.18. The van der Waals surface area contributed by atoms with E-state index in [1.54, 1.807) is 6.08 Å². The number of nitrogens with one attached hydrogen (secondary N) is 1. The van der Waals surface area contributed by atoms with Crippen molar-refractivity contribution >= 4 is 5.91 Å². The Balaban J connectivity index is 3.61. The summed E-state index contributed by atoms with van der Waals surface area (Å²) >= 11 is 0. The summed E-state index contributed by atoms with van der Waals surface area (Å²) in [5, 5.41) is 11.2. The van der Waals surface area contributed by atoms with Gasteiger partial charge in [-0.1, -0.05) is 26.8 Å². The fraction of sp³-hybridized carbons (Fsp3) is 0.727. The van der Waals surface area contributed by atoms with Crippen LogP contribution in [0.4, 0.5) is 0 Å². The van der Waals surface area contributed by atoms with E-state index in [9.17, 15) is 4.79 Å². The van der Waals surface area contributed by atoms with Gasteiger partial charge in [-0.25, -0.2) is 0 Å². The maximum absolute atomic E-state index is 11.1. The lowest BCUT2D eigenvalue weighted by atomic mass is 9.92. The normalized spacial score (nSPS) is 12.0. The molecule has 0 atom stereocenters. The average molecular weight is 199 g/mol. The van der Waals surface area contributed by atoms with Crippen molar-refractivity contribution in [3.8, 4) is 0 Å². The van der Waals surface area contributed by atoms with Gasteiger partial charge in [0.15, 0.2) is 0 Å². The first-order valence-electron chi connectivity index (χ1n) is 5.01. The lowest BCUT2D eigenvalue weighted by molar-refractivity contribution is -0.116. The van der Waals surface area contributed by atoms with E-state index in [0.717, 1.165) is 6.42 Å². The van der Waals surface area contributed by atoms with Crippen LogP contribution in [0.1, 0.15) is 33.6 Å². The highest BCUT2D eigenvalue weighted by atomic mass is 16.3. The highest BCUT2D eigenvalue weighted by molar-refractivity contribution is 5.87. The standard InChI is InChI=1S/C11H21NO2/c1-11(2,3)7-4-6-10(14)12-8-5-9-13/h4,6,13H,5,7-9H2,1-3H3,(H,12,14)/b6-4+. The van der Waals surface area contributed by atoms with Gasteiger partial charge in [-0.15, -0.1) is 0 Å². The average Bonchev–Trinajstić information content (AvgIpc) is 2.02. The Morgan fingerprint density at radius 1 is 1.43 bits per heavy atom. The Hall–Kier alpha value is -0.830. The second-order valence-electron chi connectivity index (χ2n) is 4.54. The molecule has 0 aliphatic carbocycles. The number of rotatable bonds is 5. The second kappa shape index (κ2) is 6.60. The molecule has 0 saturated heterocycles. The van der Waals surface area contributed by atoms with Crippen LogP contribution >= 0.6 is 0 Å². The third-order valence-corrected chi connectivity index (χ3v) is 1.63. The third kappa shape index (κ3) is 9.26. The fourth-order valence-electron chi connectivity index (χ4n) is 0.869. The van der Waals surface area contributed by atoms with Gasteiger partial charge in [0.2, 0.25) is 5.91 Å². The van der Waals surface area contributed by atoms with Crippen molar-refractivity contribution < 1.29 is 9.90 Å². The molecule has 0 aliphatic rings. The van der Waals surface area contributed by atoms with Crippen LogP contribution in [0.2, 0.25) is 0 Å². The first-order chi connectivity index (χ1) is 6.45. The van der Waals surface area contributed by atoms with E-state index in [0.29, 0.717) is 13.0 Å². The summed E-state index contributed by atoms with van der Waals surface area (Å²) in [7, 11) is 0. The topological polar surface area (TPSA) is 49.3 Å². The van der Waals surface area contributed by atoms with Crippen molar-refractivity contribution in [2.45, 2.75) is 33.6 Å². The lowest BCUT2D eigenvalue weighted by Gasteiger charge is -2.14. The summed E-state index contributed by atoms with van der Waals surface area (Å²) < 4.78 is 0. The SMILES string of the molecule is CC(C)(C)C/C=C/C(=O)NCCCO. The Labute approximate surface area is 86.2 Å². The number of aliphatic hydroxyl groups is 1. The van der Waals surface area contributed by atoms with Crippen LogP contribution < -0.4 is 5.32 Å². The second-order valence-corrected chi connectivity index (χ2v) is 4.54. The number of carbonyl (C=O) groups is 1. The zero-order chi connectivity index (χ0) is 11.0. The molecule has 0 fully saturated rings. The van der Waals surface area contributed by atoms with Gasteiger partial charge in [-0.3, -0.25) is 4.79 Å². The maximum Gasteiger partial charge on any atom is 0.243 e. The summed E-state index contributed by atoms with van der Waals surface area (Å²) in [6.07, 6.45) is 4.94. The molecule has 82 valence electrons. The molecule has 0 aromatic rings. The molecule has 2 N–H and O–H groups in total. The van der Waals surface area contributed by atoms with E-state index in [1.807, 2.05) is 6.08 Å². The van der Waals surface area contributed by atoms with Gasteiger partial charge in [-0.05, 0) is 24.3 Å². The predicted octanol–water partition coefficient (Wildman–Crippen LogP) is 1.48. The van der Waals surface area contributed by atoms with E-state index >= 15 is 0 Å². The Morgan fingerprint density at radius 3 is 2.57 bits per heavy atom. The molecule has 0 aromatic carbocycles. The molecule has 3 nitrogen and oxygen atoms in total. The molecule has 0 unspecified atom stereocenters. The molecule has 0 saturated carbocycles. The smallest absolute Gasteiger partial charge is 0.243 e. The van der Waals surface area contributed by atoms with Crippen molar-refractivity contribution in [3.05, 3.63) is 12.2 Å². The minimum Gasteiger partial charge on any atom is -0.396 e. The van der Waals surface area contributed by atoms with Crippen molar-refractivity contribution in [2.75, 3.05) is 13.2 Å². The van der Waals surface area contributed by atoms with E-state index in [-0.39, 0.29) is 17.9 Å². The Morgan fingerprint density at radius 2 is 2.07 bits per heavy atom. The fourth-order valence-corrected chi connectivity index (χ4v) is 0.869. The molecule has 0 rings (SSSR count). The maximum atomic E-state index is 11.1. The Bertz CT molecular complexity index is 192. The van der Waals surface area contributed by atoms with Crippen LogP contribution in [0.15, 0.2) is 12.2 Å². The van der Waals surface area contributed by atoms with Crippen molar-refractivity contribution in [1.82, 2.24) is 5.32 Å². The molecule has 0 bridgehead atoms. The van der Waals surface area contributed by atoms with Crippen LogP contribution in [0.25, 0.3) is 0 Å². The summed E-state index contributed by atoms with van der Waals surface area (Å²) in [5.41, 5.74) is 0.224. The van der Waals surface area contributed by atoms with Crippen LogP contribution in [0.5, 0.6) is 0 Å². The largest absolute Gasteiger partial charge is 0.396 e. The monoisotopic (exact) mass is 199 g/mol. The van der Waals surface area contributed by atoms with Gasteiger partial charge in [-0.2, -0.15) is 0 Å². The summed E-state index contributed by atoms with van der Waals surface area (Å²) in [5.74, 6) is -0.0808. The quantitative estimate of drug-likeness (QED) is 0.520. The molecular weight excluding hydrogens is 178 g/mol. The first-order valence-corrected chi connectivity index (χ1v) is 5.01. The zero-order valence-electron chi connectivity index (χ0n) is 9.34. The van der Waals surface area contributed by atoms with E-state index in [2.05, 4.69) is 26.1 Å². The molecular formula is C11H21NO2. The number of allylic oxidation sites excluding steroid dienone is 1. The molecule has 3 heteroatoms. The molecule has 0 aromatic heterocycles. The molecule has 0 heterocycles. The molecule has 1 amide bonds. The van der Waals surface area contributed by atoms with Crippen molar-refractivity contribution in [2.24, 2.45) is 5.41 Å². The van der Waals surface area contributed by atoms with E-state index in [1.165, 1.54) is 0 Å². The van der Waals surface area contributed by atoms with Crippen molar-refractivity contribution in [1.29, 1.82) is 0 Å². The summed E-state index contributed by atoms with van der Waals surface area (Å²) in [4.78, 5) is 11.1. The van der Waals surface area contributed by atoms with E-state index in [4.69, 9.17) is 5.11 Å². The molecule has 14 heavy (non-hydrogen) atoms. The summed E-state index contributed by atoms with van der Waals surface area (Å²) in [6.45, 7) is 7.03. The van der Waals surface area contributed by atoms with Gasteiger partial charge in [0.25, 0.3) is 0 Å². The number of hydrogen-bond acceptors (Lipinski definition) is 2. The number of carbonyl (C=O) groups excluding carboxylic acids is 1. The Kier molecular flexibility index (Phi) is 6.21. The van der Waals surface area contributed by atoms with Gasteiger partial charge in [0.1, 0.15) is 0 Å². The third-order valence-electron chi connectivity index (χ3n) is 1.63. The summed E-state index contributed by atoms with van der Waals surface area (Å²) in [6, 6.07) is 0. The number of amides is 1. The van der Waals surface area contributed by atoms with Crippen LogP contribution in [-0.2, 0) is 4.79 Å². The van der Waals surface area contributed by atoms with Crippen molar-refractivity contribution in [3.63, 3.8) is 0 Å². The van der Waals surface area contributed by atoms with Gasteiger partial charge in [0.05, 0.1) is 0 Å². The zero-order valence-corrected chi connectivity index (χ0v) is 9.34. The highest BCUT2D eigenvalue weighted by Gasteiger charge is 2.06. The number of hydrogen-bond donors (Lipinski definition) is 2. The number of aliphatic hydroxyl groups excluding tert-OH is 1. The van der Waals surface area contributed by atoms with Gasteiger partial charge >= 0.3 is 0 Å². The lowest BCUT2D eigenvalue weighted by Crippen LogP contribution is -2.22.